The van der Waals surface area contributed by atoms with Gasteiger partial charge in [0.05, 0.1) is 0 Å². The van der Waals surface area contributed by atoms with Gasteiger partial charge in [0.15, 0.2) is 0 Å². The SMILES string of the molecule is CCCCCCCC/C=C\CCCCCCCC(=O)NC(C)CC. The molecule has 24 heavy (non-hydrogen) atoms. The summed E-state index contributed by atoms with van der Waals surface area (Å²) in [4.78, 5) is 11.6. The third-order valence-corrected chi connectivity index (χ3v) is 4.69. The van der Waals surface area contributed by atoms with Crippen LogP contribution in [0.2, 0.25) is 0 Å². The first-order chi connectivity index (χ1) is 11.7. The molecular weight excluding hydrogens is 294 g/mol. The van der Waals surface area contributed by atoms with Gasteiger partial charge in [-0.15, -0.1) is 0 Å². The second-order valence-corrected chi connectivity index (χ2v) is 7.21. The van der Waals surface area contributed by atoms with E-state index in [9.17, 15) is 4.79 Å². The van der Waals surface area contributed by atoms with Gasteiger partial charge in [-0.05, 0) is 45.4 Å². The maximum atomic E-state index is 11.6. The quantitative estimate of drug-likeness (QED) is 0.226. The number of nitrogens with one attached hydrogen (secondary N) is 1. The van der Waals surface area contributed by atoms with Crippen molar-refractivity contribution >= 4 is 5.91 Å². The Kier molecular flexibility index (Phi) is 17.9. The summed E-state index contributed by atoms with van der Waals surface area (Å²) in [6.07, 6.45) is 23.4. The molecule has 0 fully saturated rings. The van der Waals surface area contributed by atoms with Crippen molar-refractivity contribution in [3.05, 3.63) is 12.2 Å². The Balaban J connectivity index is 3.22. The summed E-state index contributed by atoms with van der Waals surface area (Å²) in [7, 11) is 0. The van der Waals surface area contributed by atoms with Crippen molar-refractivity contribution in [2.75, 3.05) is 0 Å². The highest BCUT2D eigenvalue weighted by Gasteiger charge is 2.04. The van der Waals surface area contributed by atoms with Crippen molar-refractivity contribution < 1.29 is 4.79 Å². The van der Waals surface area contributed by atoms with Crippen molar-refractivity contribution in [1.82, 2.24) is 5.32 Å². The minimum absolute atomic E-state index is 0.224. The van der Waals surface area contributed by atoms with E-state index in [1.165, 1.54) is 77.0 Å². The van der Waals surface area contributed by atoms with Crippen LogP contribution < -0.4 is 5.32 Å². The van der Waals surface area contributed by atoms with Crippen molar-refractivity contribution in [2.45, 2.75) is 123 Å². The van der Waals surface area contributed by atoms with Gasteiger partial charge in [-0.25, -0.2) is 0 Å². The number of carbonyl (C=O) groups excluding carboxylic acids is 1. The number of allylic oxidation sites excluding steroid dienone is 2. The van der Waals surface area contributed by atoms with Crippen LogP contribution in [0.5, 0.6) is 0 Å². The molecule has 1 amide bonds. The number of carbonyl (C=O) groups is 1. The summed E-state index contributed by atoms with van der Waals surface area (Å²) in [6.45, 7) is 6.44. The van der Waals surface area contributed by atoms with Crippen molar-refractivity contribution in [3.63, 3.8) is 0 Å². The van der Waals surface area contributed by atoms with E-state index in [4.69, 9.17) is 0 Å². The van der Waals surface area contributed by atoms with Crippen molar-refractivity contribution in [1.29, 1.82) is 0 Å². The monoisotopic (exact) mass is 337 g/mol. The molecule has 1 atom stereocenters. The third kappa shape index (κ3) is 17.6. The fourth-order valence-electron chi connectivity index (χ4n) is 2.81. The molecule has 0 aromatic heterocycles. The molecule has 0 saturated heterocycles. The minimum Gasteiger partial charge on any atom is -0.354 e. The standard InChI is InChI=1S/C22H43NO/c1-4-6-7-8-9-10-11-12-13-14-15-16-17-18-19-20-22(24)23-21(3)5-2/h12-13,21H,4-11,14-20H2,1-3H3,(H,23,24)/b13-12-. The number of unbranched alkanes of at least 4 members (excludes halogenated alkanes) is 11. The van der Waals surface area contributed by atoms with Gasteiger partial charge >= 0.3 is 0 Å². The lowest BCUT2D eigenvalue weighted by atomic mass is 10.1. The lowest BCUT2D eigenvalue weighted by molar-refractivity contribution is -0.121. The summed E-state index contributed by atoms with van der Waals surface area (Å²) in [5.41, 5.74) is 0. The van der Waals surface area contributed by atoms with Crippen LogP contribution in [0.4, 0.5) is 0 Å². The molecule has 0 aliphatic rings. The largest absolute Gasteiger partial charge is 0.354 e. The van der Waals surface area contributed by atoms with Crippen molar-refractivity contribution in [3.8, 4) is 0 Å². The van der Waals surface area contributed by atoms with Crippen LogP contribution in [0, 0.1) is 0 Å². The Morgan fingerprint density at radius 3 is 1.83 bits per heavy atom. The second kappa shape index (κ2) is 18.5. The molecule has 0 bridgehead atoms. The van der Waals surface area contributed by atoms with Crippen LogP contribution in [-0.2, 0) is 4.79 Å². The highest BCUT2D eigenvalue weighted by Crippen LogP contribution is 2.10. The molecule has 2 heteroatoms. The predicted octanol–water partition coefficient (Wildman–Crippen LogP) is 6.94. The first-order valence-electron chi connectivity index (χ1n) is 10.6. The van der Waals surface area contributed by atoms with Crippen LogP contribution in [-0.4, -0.2) is 11.9 Å². The fraction of sp³-hybridized carbons (Fsp3) is 0.864. The van der Waals surface area contributed by atoms with E-state index in [-0.39, 0.29) is 5.91 Å². The summed E-state index contributed by atoms with van der Waals surface area (Å²) >= 11 is 0. The van der Waals surface area contributed by atoms with E-state index < -0.39 is 0 Å². The van der Waals surface area contributed by atoms with Crippen LogP contribution >= 0.6 is 0 Å². The van der Waals surface area contributed by atoms with Gasteiger partial charge in [-0.1, -0.05) is 77.4 Å². The van der Waals surface area contributed by atoms with E-state index in [2.05, 4.69) is 38.2 Å². The van der Waals surface area contributed by atoms with Gasteiger partial charge in [-0.2, -0.15) is 0 Å². The number of hydrogen-bond acceptors (Lipinski definition) is 1. The van der Waals surface area contributed by atoms with Crippen LogP contribution in [0.3, 0.4) is 0 Å². The lowest BCUT2D eigenvalue weighted by Gasteiger charge is -2.10. The molecule has 0 aliphatic carbocycles. The fourth-order valence-corrected chi connectivity index (χ4v) is 2.81. The molecule has 0 aliphatic heterocycles. The van der Waals surface area contributed by atoms with E-state index in [1.807, 2.05) is 0 Å². The minimum atomic E-state index is 0.224. The number of rotatable bonds is 17. The molecule has 1 N–H and O–H groups in total. The van der Waals surface area contributed by atoms with E-state index in [1.54, 1.807) is 0 Å². The van der Waals surface area contributed by atoms with E-state index in [0.717, 1.165) is 12.8 Å². The molecule has 1 unspecified atom stereocenters. The molecule has 0 radical (unpaired) electrons. The summed E-state index contributed by atoms with van der Waals surface area (Å²) in [5, 5.41) is 3.03. The lowest BCUT2D eigenvalue weighted by Crippen LogP contribution is -2.31. The molecular formula is C22H43NO. The molecule has 142 valence electrons. The summed E-state index contributed by atoms with van der Waals surface area (Å²) in [6, 6.07) is 0.320. The van der Waals surface area contributed by atoms with Crippen molar-refractivity contribution in [2.24, 2.45) is 0 Å². The summed E-state index contributed by atoms with van der Waals surface area (Å²) in [5.74, 6) is 0.224. The Morgan fingerprint density at radius 2 is 1.29 bits per heavy atom. The van der Waals surface area contributed by atoms with Gasteiger partial charge in [0.1, 0.15) is 0 Å². The second-order valence-electron chi connectivity index (χ2n) is 7.21. The van der Waals surface area contributed by atoms with E-state index >= 15 is 0 Å². The molecule has 0 rings (SSSR count). The highest BCUT2D eigenvalue weighted by molar-refractivity contribution is 5.76. The predicted molar refractivity (Wildman–Crippen MR) is 107 cm³/mol. The van der Waals surface area contributed by atoms with Gasteiger partial charge in [-0.3, -0.25) is 4.79 Å². The Labute approximate surface area is 151 Å². The van der Waals surface area contributed by atoms with Gasteiger partial charge in [0.25, 0.3) is 0 Å². The van der Waals surface area contributed by atoms with E-state index in [0.29, 0.717) is 12.5 Å². The van der Waals surface area contributed by atoms with Gasteiger partial charge < -0.3 is 5.32 Å². The number of hydrogen-bond donors (Lipinski definition) is 1. The molecule has 0 aromatic carbocycles. The molecule has 0 saturated carbocycles. The maximum absolute atomic E-state index is 11.6. The van der Waals surface area contributed by atoms with Crippen LogP contribution in [0.1, 0.15) is 117 Å². The Morgan fingerprint density at radius 1 is 0.792 bits per heavy atom. The average Bonchev–Trinajstić information content (AvgIpc) is 2.58. The zero-order valence-electron chi connectivity index (χ0n) is 16.7. The van der Waals surface area contributed by atoms with Crippen LogP contribution in [0.25, 0.3) is 0 Å². The zero-order valence-corrected chi connectivity index (χ0v) is 16.7. The molecule has 0 heterocycles. The first kappa shape index (κ1) is 23.2. The summed E-state index contributed by atoms with van der Waals surface area (Å²) < 4.78 is 0. The third-order valence-electron chi connectivity index (χ3n) is 4.69. The van der Waals surface area contributed by atoms with Gasteiger partial charge in [0.2, 0.25) is 5.91 Å². The first-order valence-corrected chi connectivity index (χ1v) is 10.6. The molecule has 0 aromatic rings. The topological polar surface area (TPSA) is 29.1 Å². The maximum Gasteiger partial charge on any atom is 0.220 e. The Hall–Kier alpha value is -0.790. The average molecular weight is 338 g/mol. The normalized spacial score (nSPS) is 12.6. The Bertz CT molecular complexity index is 298. The smallest absolute Gasteiger partial charge is 0.220 e. The van der Waals surface area contributed by atoms with Crippen LogP contribution in [0.15, 0.2) is 12.2 Å². The van der Waals surface area contributed by atoms with Gasteiger partial charge in [0, 0.05) is 12.5 Å². The molecule has 2 nitrogen and oxygen atoms in total. The number of amides is 1. The highest BCUT2D eigenvalue weighted by atomic mass is 16.1. The molecule has 0 spiro atoms. The zero-order chi connectivity index (χ0) is 17.9.